The third-order valence-electron chi connectivity index (χ3n) is 5.29. The maximum Gasteiger partial charge on any atom is 0.191 e. The van der Waals surface area contributed by atoms with Crippen molar-refractivity contribution >= 4 is 29.9 Å². The number of aryl methyl sites for hydroxylation is 2. The molecule has 0 amide bonds. The molecule has 1 aromatic heterocycles. The Bertz CT molecular complexity index is 541. The van der Waals surface area contributed by atoms with E-state index in [-0.39, 0.29) is 24.0 Å². The Hall–Kier alpha value is -0.830. The molecule has 1 fully saturated rings. The topological polar surface area (TPSA) is 65.7 Å². The Kier molecular flexibility index (Phi) is 12.0. The molecule has 1 atom stereocenters. The lowest BCUT2D eigenvalue weighted by Crippen LogP contribution is -2.46. The minimum atomic E-state index is 0. The van der Waals surface area contributed by atoms with Gasteiger partial charge in [-0.1, -0.05) is 18.5 Å². The molecule has 0 bridgehead atoms. The van der Waals surface area contributed by atoms with E-state index in [9.17, 15) is 0 Å². The van der Waals surface area contributed by atoms with Crippen molar-refractivity contribution in [2.24, 2.45) is 4.99 Å². The summed E-state index contributed by atoms with van der Waals surface area (Å²) in [5.74, 6) is 1.86. The van der Waals surface area contributed by atoms with Gasteiger partial charge in [0.2, 0.25) is 0 Å². The maximum atomic E-state index is 5.23. The van der Waals surface area contributed by atoms with Crippen LogP contribution in [0.15, 0.2) is 9.52 Å². The van der Waals surface area contributed by atoms with Crippen molar-refractivity contribution in [3.8, 4) is 0 Å². The Morgan fingerprint density at radius 1 is 1.26 bits per heavy atom. The average Bonchev–Trinajstić information content (AvgIpc) is 2.97. The minimum Gasteiger partial charge on any atom is -0.361 e. The fourth-order valence-corrected chi connectivity index (χ4v) is 3.78. The average molecular weight is 491 g/mol. The van der Waals surface area contributed by atoms with Crippen LogP contribution in [0.2, 0.25) is 0 Å². The molecule has 156 valence electrons. The molecular weight excluding hydrogens is 453 g/mol. The normalized spacial score (nSPS) is 18.2. The second-order valence-electron chi connectivity index (χ2n) is 7.19. The van der Waals surface area contributed by atoms with Crippen LogP contribution in [0.3, 0.4) is 0 Å². The fourth-order valence-electron chi connectivity index (χ4n) is 3.78. The molecule has 2 N–H and O–H groups in total. The first-order valence-electron chi connectivity index (χ1n) is 10.3. The van der Waals surface area contributed by atoms with Gasteiger partial charge in [0.15, 0.2) is 5.96 Å². The highest BCUT2D eigenvalue weighted by Crippen LogP contribution is 2.18. The van der Waals surface area contributed by atoms with Gasteiger partial charge in [0.05, 0.1) is 5.69 Å². The van der Waals surface area contributed by atoms with Crippen LogP contribution in [0.25, 0.3) is 0 Å². The van der Waals surface area contributed by atoms with Crippen molar-refractivity contribution in [2.75, 3.05) is 32.7 Å². The Morgan fingerprint density at radius 3 is 2.74 bits per heavy atom. The summed E-state index contributed by atoms with van der Waals surface area (Å²) in [4.78, 5) is 7.36. The molecule has 1 aliphatic heterocycles. The zero-order valence-corrected chi connectivity index (χ0v) is 19.8. The van der Waals surface area contributed by atoms with Crippen LogP contribution in [-0.2, 0) is 6.42 Å². The van der Waals surface area contributed by atoms with Crippen LogP contribution in [-0.4, -0.2) is 54.8 Å². The number of guanidine groups is 1. The molecule has 1 saturated heterocycles. The molecule has 0 aliphatic carbocycles. The number of hydrogen-bond donors (Lipinski definition) is 2. The van der Waals surface area contributed by atoms with Gasteiger partial charge in [-0.2, -0.15) is 0 Å². The summed E-state index contributed by atoms with van der Waals surface area (Å²) in [7, 11) is 0. The molecule has 27 heavy (non-hydrogen) atoms. The Labute approximate surface area is 181 Å². The molecule has 6 nitrogen and oxygen atoms in total. The van der Waals surface area contributed by atoms with Gasteiger partial charge >= 0.3 is 0 Å². The predicted octanol–water partition coefficient (Wildman–Crippen LogP) is 3.66. The quantitative estimate of drug-likeness (QED) is 0.239. The number of aromatic nitrogens is 1. The number of hydrogen-bond acceptors (Lipinski definition) is 4. The van der Waals surface area contributed by atoms with Gasteiger partial charge in [-0.05, 0) is 59.4 Å². The molecule has 1 aromatic rings. The fraction of sp³-hybridized carbons (Fsp3) is 0.800. The number of aliphatic imine (C=N–C) groups is 1. The molecular formula is C20H38IN5O. The summed E-state index contributed by atoms with van der Waals surface area (Å²) in [6.45, 7) is 13.4. The highest BCUT2D eigenvalue weighted by molar-refractivity contribution is 14.0. The van der Waals surface area contributed by atoms with Crippen molar-refractivity contribution in [2.45, 2.75) is 72.3 Å². The van der Waals surface area contributed by atoms with E-state index in [0.29, 0.717) is 0 Å². The van der Waals surface area contributed by atoms with E-state index in [0.717, 1.165) is 62.5 Å². The van der Waals surface area contributed by atoms with Gasteiger partial charge in [-0.15, -0.1) is 24.0 Å². The molecule has 0 radical (unpaired) electrons. The van der Waals surface area contributed by atoms with Gasteiger partial charge in [0.25, 0.3) is 0 Å². The Balaban J connectivity index is 0.00000364. The minimum absolute atomic E-state index is 0. The van der Waals surface area contributed by atoms with E-state index >= 15 is 0 Å². The van der Waals surface area contributed by atoms with Crippen molar-refractivity contribution in [1.82, 2.24) is 20.7 Å². The van der Waals surface area contributed by atoms with Crippen LogP contribution in [0.5, 0.6) is 0 Å². The number of piperidine rings is 1. The molecule has 1 unspecified atom stereocenters. The third-order valence-corrected chi connectivity index (χ3v) is 5.29. The monoisotopic (exact) mass is 491 g/mol. The number of rotatable bonds is 9. The standard InChI is InChI=1S/C20H37N5O.HI/c1-5-18-10-7-8-14-25(18)15-13-23-20(21-6-2)22-12-9-11-19-16(3)24-26-17(19)4;/h18H,5-15H2,1-4H3,(H2,21,22,23);1H. The van der Waals surface area contributed by atoms with Crippen molar-refractivity contribution in [3.05, 3.63) is 17.0 Å². The highest BCUT2D eigenvalue weighted by atomic mass is 127. The second kappa shape index (κ2) is 13.4. The van der Waals surface area contributed by atoms with Gasteiger partial charge in [-0.25, -0.2) is 0 Å². The first kappa shape index (κ1) is 24.2. The first-order valence-corrected chi connectivity index (χ1v) is 10.3. The summed E-state index contributed by atoms with van der Waals surface area (Å²) in [6, 6.07) is 0.764. The lowest BCUT2D eigenvalue weighted by Gasteiger charge is -2.35. The molecule has 0 saturated carbocycles. The highest BCUT2D eigenvalue weighted by Gasteiger charge is 2.19. The smallest absolute Gasteiger partial charge is 0.191 e. The summed E-state index contributed by atoms with van der Waals surface area (Å²) in [5, 5.41) is 10.9. The molecule has 0 spiro atoms. The SMILES string of the molecule is CCNC(=NCCCc1c(C)noc1C)NCCN1CCCCC1CC.I. The van der Waals surface area contributed by atoms with E-state index < -0.39 is 0 Å². The van der Waals surface area contributed by atoms with Gasteiger partial charge in [0.1, 0.15) is 5.76 Å². The number of nitrogens with one attached hydrogen (secondary N) is 2. The molecule has 2 rings (SSSR count). The molecule has 2 heterocycles. The predicted molar refractivity (Wildman–Crippen MR) is 123 cm³/mol. The molecule has 0 aromatic carbocycles. The van der Waals surface area contributed by atoms with Crippen LogP contribution >= 0.6 is 24.0 Å². The van der Waals surface area contributed by atoms with Crippen molar-refractivity contribution < 1.29 is 4.52 Å². The van der Waals surface area contributed by atoms with Crippen molar-refractivity contribution in [3.63, 3.8) is 0 Å². The Morgan fingerprint density at radius 2 is 2.07 bits per heavy atom. The summed E-state index contributed by atoms with van der Waals surface area (Å²) in [6.07, 6.45) is 7.31. The summed E-state index contributed by atoms with van der Waals surface area (Å²) >= 11 is 0. The first-order chi connectivity index (χ1) is 12.7. The van der Waals surface area contributed by atoms with E-state index in [1.54, 1.807) is 0 Å². The maximum absolute atomic E-state index is 5.23. The summed E-state index contributed by atoms with van der Waals surface area (Å²) < 4.78 is 5.23. The van der Waals surface area contributed by atoms with Gasteiger partial charge in [0, 0.05) is 37.8 Å². The van der Waals surface area contributed by atoms with Crippen LogP contribution in [0.1, 0.15) is 63.0 Å². The second-order valence-corrected chi connectivity index (χ2v) is 7.19. The van der Waals surface area contributed by atoms with Crippen LogP contribution in [0.4, 0.5) is 0 Å². The number of halogens is 1. The van der Waals surface area contributed by atoms with E-state index in [2.05, 4.69) is 34.5 Å². The molecule has 7 heteroatoms. The third kappa shape index (κ3) is 7.97. The van der Waals surface area contributed by atoms with E-state index in [4.69, 9.17) is 9.52 Å². The lowest BCUT2D eigenvalue weighted by atomic mass is 10.0. The lowest BCUT2D eigenvalue weighted by molar-refractivity contribution is 0.147. The zero-order valence-electron chi connectivity index (χ0n) is 17.5. The van der Waals surface area contributed by atoms with E-state index in [1.807, 2.05) is 13.8 Å². The van der Waals surface area contributed by atoms with E-state index in [1.165, 1.54) is 37.8 Å². The van der Waals surface area contributed by atoms with Crippen LogP contribution < -0.4 is 10.6 Å². The zero-order chi connectivity index (χ0) is 18.8. The van der Waals surface area contributed by atoms with Gasteiger partial charge < -0.3 is 15.2 Å². The molecule has 1 aliphatic rings. The van der Waals surface area contributed by atoms with Gasteiger partial charge in [-0.3, -0.25) is 9.89 Å². The van der Waals surface area contributed by atoms with Crippen molar-refractivity contribution in [1.29, 1.82) is 0 Å². The van der Waals surface area contributed by atoms with Crippen LogP contribution in [0, 0.1) is 13.8 Å². The number of likely N-dealkylation sites (tertiary alicyclic amines) is 1. The summed E-state index contributed by atoms with van der Waals surface area (Å²) in [5.41, 5.74) is 2.23. The largest absolute Gasteiger partial charge is 0.361 e. The number of nitrogens with zero attached hydrogens (tertiary/aromatic N) is 3.